The molecule has 0 aliphatic rings. The van der Waals surface area contributed by atoms with Gasteiger partial charge in [-0.05, 0) is 43.0 Å². The molecule has 0 saturated carbocycles. The van der Waals surface area contributed by atoms with E-state index in [1.165, 1.54) is 18.0 Å². The van der Waals surface area contributed by atoms with Crippen molar-refractivity contribution in [3.05, 3.63) is 10.8 Å². The number of amides is 1. The summed E-state index contributed by atoms with van der Waals surface area (Å²) in [5.41, 5.74) is -0.0477. The molecule has 1 heterocycles. The van der Waals surface area contributed by atoms with Crippen molar-refractivity contribution in [2.24, 2.45) is 0 Å². The lowest BCUT2D eigenvalue weighted by Crippen LogP contribution is -2.27. The Labute approximate surface area is 113 Å². The molecule has 7 heteroatoms. The third-order valence-corrected chi connectivity index (χ3v) is 2.70. The van der Waals surface area contributed by atoms with Gasteiger partial charge in [0.05, 0.1) is 11.9 Å². The van der Waals surface area contributed by atoms with Gasteiger partial charge >= 0.3 is 6.09 Å². The molecule has 0 aromatic carbocycles. The Balaban J connectivity index is 2.72. The lowest BCUT2D eigenvalue weighted by Gasteiger charge is -2.19. The van der Waals surface area contributed by atoms with Gasteiger partial charge in [-0.15, -0.1) is 0 Å². The van der Waals surface area contributed by atoms with Gasteiger partial charge in [0.2, 0.25) is 0 Å². The van der Waals surface area contributed by atoms with Gasteiger partial charge in [-0.1, -0.05) is 11.8 Å². The largest absolute Gasteiger partial charge is 0.444 e. The van der Waals surface area contributed by atoms with E-state index in [1.807, 2.05) is 6.26 Å². The quantitative estimate of drug-likeness (QED) is 0.514. The molecule has 0 aliphatic heterocycles. The number of halogens is 1. The molecule has 17 heavy (non-hydrogen) atoms. The van der Waals surface area contributed by atoms with E-state index in [4.69, 9.17) is 4.74 Å². The molecule has 0 unspecified atom stereocenters. The molecule has 0 bridgehead atoms. The molecule has 0 saturated heterocycles. The minimum Gasteiger partial charge on any atom is -0.444 e. The first-order valence-electron chi connectivity index (χ1n) is 4.88. The Morgan fingerprint density at radius 3 is 2.65 bits per heavy atom. The number of nitrogens with one attached hydrogen (secondary N) is 1. The van der Waals surface area contributed by atoms with E-state index in [0.717, 1.165) is 0 Å². The average Bonchev–Trinajstić information content (AvgIpc) is 2.18. The Bertz CT molecular complexity index is 421. The van der Waals surface area contributed by atoms with Gasteiger partial charge in [0.1, 0.15) is 10.2 Å². The summed E-state index contributed by atoms with van der Waals surface area (Å²) in [6, 6.07) is 0. The number of aromatic nitrogens is 2. The predicted octanol–water partition coefficient (Wildman–Crippen LogP) is 3.31. The Morgan fingerprint density at radius 2 is 2.18 bits per heavy atom. The molecule has 0 spiro atoms. The molecule has 1 amide bonds. The average molecular weight is 320 g/mol. The van der Waals surface area contributed by atoms with Crippen LogP contribution in [0.1, 0.15) is 20.8 Å². The monoisotopic (exact) mass is 319 g/mol. The predicted molar refractivity (Wildman–Crippen MR) is 71.4 cm³/mol. The van der Waals surface area contributed by atoms with Crippen LogP contribution in [0.15, 0.2) is 16.0 Å². The van der Waals surface area contributed by atoms with Crippen LogP contribution >= 0.6 is 27.7 Å². The van der Waals surface area contributed by atoms with Crippen molar-refractivity contribution in [3.63, 3.8) is 0 Å². The maximum atomic E-state index is 11.5. The number of carbonyl (C=O) groups is 1. The zero-order valence-corrected chi connectivity index (χ0v) is 12.5. The number of ether oxygens (including phenoxy) is 1. The Morgan fingerprint density at radius 1 is 1.53 bits per heavy atom. The first kappa shape index (κ1) is 14.2. The van der Waals surface area contributed by atoms with Crippen LogP contribution in [0.25, 0.3) is 0 Å². The molecule has 1 N–H and O–H groups in total. The fraction of sp³-hybridized carbons (Fsp3) is 0.500. The Hall–Kier alpha value is -0.820. The maximum absolute atomic E-state index is 11.5. The van der Waals surface area contributed by atoms with Crippen molar-refractivity contribution < 1.29 is 9.53 Å². The van der Waals surface area contributed by atoms with Crippen LogP contribution in [-0.2, 0) is 4.74 Å². The normalized spacial score (nSPS) is 11.1. The summed E-state index contributed by atoms with van der Waals surface area (Å²) in [6.45, 7) is 5.40. The number of carbonyl (C=O) groups excluding carboxylic acids is 1. The molecule has 94 valence electrons. The standard InChI is InChI=1S/C10H14BrN3O2S/c1-10(2,3)16-9(15)13-6-5-12-8(17-4)14-7(6)11/h5H,1-4H3,(H,13,15). The fourth-order valence-corrected chi connectivity index (χ4v) is 1.77. The van der Waals surface area contributed by atoms with Gasteiger partial charge in [0.15, 0.2) is 5.16 Å². The van der Waals surface area contributed by atoms with Crippen molar-refractivity contribution in [1.82, 2.24) is 9.97 Å². The van der Waals surface area contributed by atoms with E-state index in [9.17, 15) is 4.79 Å². The third kappa shape index (κ3) is 4.91. The topological polar surface area (TPSA) is 64.1 Å². The van der Waals surface area contributed by atoms with Gasteiger partial charge in [0, 0.05) is 0 Å². The number of hydrogen-bond acceptors (Lipinski definition) is 5. The third-order valence-electron chi connectivity index (χ3n) is 1.54. The van der Waals surface area contributed by atoms with E-state index in [-0.39, 0.29) is 0 Å². The van der Waals surface area contributed by atoms with Gasteiger partial charge < -0.3 is 4.74 Å². The molecule has 0 radical (unpaired) electrons. The minimum absolute atomic E-state index is 0.483. The summed E-state index contributed by atoms with van der Waals surface area (Å²) in [4.78, 5) is 19.7. The first-order valence-corrected chi connectivity index (χ1v) is 6.90. The number of thioether (sulfide) groups is 1. The van der Waals surface area contributed by atoms with Crippen LogP contribution in [0.2, 0.25) is 0 Å². The highest BCUT2D eigenvalue weighted by atomic mass is 79.9. The van der Waals surface area contributed by atoms with Gasteiger partial charge in [0.25, 0.3) is 0 Å². The molecule has 5 nitrogen and oxygen atoms in total. The lowest BCUT2D eigenvalue weighted by atomic mass is 10.2. The molecule has 1 rings (SSSR count). The molecular formula is C10H14BrN3O2S. The second-order valence-corrected chi connectivity index (χ2v) is 5.71. The highest BCUT2D eigenvalue weighted by molar-refractivity contribution is 9.10. The molecule has 0 atom stereocenters. The van der Waals surface area contributed by atoms with Crippen molar-refractivity contribution in [2.75, 3.05) is 11.6 Å². The number of rotatable bonds is 2. The number of anilines is 1. The van der Waals surface area contributed by atoms with Crippen LogP contribution in [0, 0.1) is 0 Å². The first-order chi connectivity index (χ1) is 7.81. The molecule has 1 aromatic rings. The van der Waals surface area contributed by atoms with Crippen molar-refractivity contribution in [1.29, 1.82) is 0 Å². The van der Waals surface area contributed by atoms with E-state index >= 15 is 0 Å². The van der Waals surface area contributed by atoms with Crippen LogP contribution in [-0.4, -0.2) is 27.9 Å². The number of nitrogens with zero attached hydrogens (tertiary/aromatic N) is 2. The summed E-state index contributed by atoms with van der Waals surface area (Å²) in [7, 11) is 0. The summed E-state index contributed by atoms with van der Waals surface area (Å²) in [5, 5.41) is 3.21. The van der Waals surface area contributed by atoms with E-state index in [0.29, 0.717) is 15.4 Å². The van der Waals surface area contributed by atoms with Gasteiger partial charge in [-0.25, -0.2) is 14.8 Å². The summed E-state index contributed by atoms with van der Waals surface area (Å²) in [5.74, 6) is 0. The summed E-state index contributed by atoms with van der Waals surface area (Å²) in [6.07, 6.45) is 2.88. The summed E-state index contributed by atoms with van der Waals surface area (Å²) >= 11 is 4.69. The van der Waals surface area contributed by atoms with E-state index in [2.05, 4.69) is 31.2 Å². The Kier molecular flexibility index (Phi) is 4.76. The van der Waals surface area contributed by atoms with Crippen molar-refractivity contribution in [3.8, 4) is 0 Å². The molecule has 1 aromatic heterocycles. The smallest absolute Gasteiger partial charge is 0.412 e. The van der Waals surface area contributed by atoms with Gasteiger partial charge in [-0.3, -0.25) is 5.32 Å². The zero-order valence-electron chi connectivity index (χ0n) is 10.1. The van der Waals surface area contributed by atoms with Gasteiger partial charge in [-0.2, -0.15) is 0 Å². The fourth-order valence-electron chi connectivity index (χ4n) is 0.942. The highest BCUT2D eigenvalue weighted by Crippen LogP contribution is 2.22. The van der Waals surface area contributed by atoms with Crippen LogP contribution in [0.4, 0.5) is 10.5 Å². The van der Waals surface area contributed by atoms with Crippen molar-refractivity contribution in [2.45, 2.75) is 31.5 Å². The zero-order chi connectivity index (χ0) is 13.1. The van der Waals surface area contributed by atoms with Crippen LogP contribution in [0.5, 0.6) is 0 Å². The lowest BCUT2D eigenvalue weighted by molar-refractivity contribution is 0.0635. The van der Waals surface area contributed by atoms with E-state index < -0.39 is 11.7 Å². The molecular weight excluding hydrogens is 306 g/mol. The minimum atomic E-state index is -0.531. The second kappa shape index (κ2) is 5.68. The maximum Gasteiger partial charge on any atom is 0.412 e. The highest BCUT2D eigenvalue weighted by Gasteiger charge is 2.17. The van der Waals surface area contributed by atoms with Crippen LogP contribution in [0.3, 0.4) is 0 Å². The van der Waals surface area contributed by atoms with Crippen LogP contribution < -0.4 is 5.32 Å². The molecule has 0 fully saturated rings. The van der Waals surface area contributed by atoms with E-state index in [1.54, 1.807) is 20.8 Å². The van der Waals surface area contributed by atoms with Crippen molar-refractivity contribution >= 4 is 39.5 Å². The number of hydrogen-bond donors (Lipinski definition) is 1. The SMILES string of the molecule is CSc1ncc(NC(=O)OC(C)(C)C)c(Br)n1. The molecule has 0 aliphatic carbocycles. The summed E-state index contributed by atoms with van der Waals surface area (Å²) < 4.78 is 5.65. The second-order valence-electron chi connectivity index (χ2n) is 4.19.